The van der Waals surface area contributed by atoms with Gasteiger partial charge in [0.15, 0.2) is 11.8 Å². The minimum Gasteiger partial charge on any atom is -0.495 e. The maximum atomic E-state index is 12.7. The predicted molar refractivity (Wildman–Crippen MR) is 110 cm³/mol. The van der Waals surface area contributed by atoms with E-state index in [1.165, 1.54) is 11.8 Å². The number of methoxy groups -OCH3 is 1. The summed E-state index contributed by atoms with van der Waals surface area (Å²) in [6.45, 7) is 6.97. The number of hydrogen-bond donors (Lipinski definition) is 2. The summed E-state index contributed by atoms with van der Waals surface area (Å²) in [4.78, 5) is 27.8. The highest BCUT2D eigenvalue weighted by atomic mass is 16.5. The third-order valence-corrected chi connectivity index (χ3v) is 5.37. The Bertz CT molecular complexity index is 844. The summed E-state index contributed by atoms with van der Waals surface area (Å²) in [6.07, 6.45) is 0. The maximum Gasteiger partial charge on any atom is 0.282 e. The van der Waals surface area contributed by atoms with Gasteiger partial charge in [0.25, 0.3) is 5.91 Å². The highest BCUT2D eigenvalue weighted by Crippen LogP contribution is 2.27. The molecule has 0 unspecified atom stereocenters. The van der Waals surface area contributed by atoms with Gasteiger partial charge in [-0.1, -0.05) is 24.3 Å². The lowest BCUT2D eigenvalue weighted by Gasteiger charge is -2.36. The molecule has 1 amide bonds. The van der Waals surface area contributed by atoms with Crippen molar-refractivity contribution in [2.75, 3.05) is 43.5 Å². The number of rotatable bonds is 6. The fourth-order valence-electron chi connectivity index (χ4n) is 3.61. The molecule has 148 valence electrons. The van der Waals surface area contributed by atoms with E-state index in [2.05, 4.69) is 16.3 Å². The average Bonchev–Trinajstić information content (AvgIpc) is 2.73. The molecular weight excluding hydrogens is 354 g/mol. The van der Waals surface area contributed by atoms with Gasteiger partial charge in [0, 0.05) is 11.3 Å². The Morgan fingerprint density at radius 3 is 2.50 bits per heavy atom. The van der Waals surface area contributed by atoms with E-state index in [-0.39, 0.29) is 17.7 Å². The second kappa shape index (κ2) is 8.89. The minimum atomic E-state index is -0.166. The Morgan fingerprint density at radius 2 is 1.82 bits per heavy atom. The van der Waals surface area contributed by atoms with Crippen LogP contribution in [0.4, 0.5) is 11.4 Å². The van der Waals surface area contributed by atoms with Crippen LogP contribution in [-0.2, 0) is 4.79 Å². The van der Waals surface area contributed by atoms with Crippen molar-refractivity contribution in [1.29, 1.82) is 0 Å². The number of ketones is 1. The van der Waals surface area contributed by atoms with Gasteiger partial charge in [-0.3, -0.25) is 9.59 Å². The number of hydrogen-bond acceptors (Lipinski definition) is 4. The molecule has 0 aliphatic carbocycles. The predicted octanol–water partition coefficient (Wildman–Crippen LogP) is 1.63. The van der Waals surface area contributed by atoms with E-state index in [1.807, 2.05) is 31.2 Å². The van der Waals surface area contributed by atoms with Crippen LogP contribution in [0.15, 0.2) is 48.5 Å². The lowest BCUT2D eigenvalue weighted by Crippen LogP contribution is -3.19. The Kier molecular flexibility index (Phi) is 6.31. The minimum absolute atomic E-state index is 0.0118. The number of benzene rings is 2. The molecule has 0 radical (unpaired) electrons. The Labute approximate surface area is 166 Å². The summed E-state index contributed by atoms with van der Waals surface area (Å²) in [5.74, 6) is 0.839. The zero-order valence-corrected chi connectivity index (χ0v) is 16.7. The summed E-state index contributed by atoms with van der Waals surface area (Å²) in [5, 5.41) is 2.95. The van der Waals surface area contributed by atoms with E-state index in [9.17, 15) is 9.59 Å². The van der Waals surface area contributed by atoms with E-state index in [0.29, 0.717) is 11.3 Å². The molecule has 1 heterocycles. The van der Waals surface area contributed by atoms with Gasteiger partial charge in [-0.05, 0) is 38.1 Å². The standard InChI is InChI=1S/C22H27N3O3/c1-16(22(27)23-19-8-6-7-18(15-19)17(2)26)24-11-13-25(14-12-24)20-9-4-5-10-21(20)28-3/h4-10,15-16H,11-14H2,1-3H3,(H,23,27)/p+1/t16-/m1/s1. The number of nitrogens with one attached hydrogen (secondary N) is 2. The molecule has 3 rings (SSSR count). The zero-order chi connectivity index (χ0) is 20.1. The van der Waals surface area contributed by atoms with E-state index >= 15 is 0 Å². The molecule has 1 fully saturated rings. The molecule has 28 heavy (non-hydrogen) atoms. The quantitative estimate of drug-likeness (QED) is 0.746. The van der Waals surface area contributed by atoms with Crippen molar-refractivity contribution >= 4 is 23.1 Å². The molecule has 1 aliphatic rings. The number of quaternary nitrogens is 1. The highest BCUT2D eigenvalue weighted by molar-refractivity contribution is 5.98. The lowest BCUT2D eigenvalue weighted by atomic mass is 10.1. The van der Waals surface area contributed by atoms with Crippen LogP contribution in [0.2, 0.25) is 0 Å². The van der Waals surface area contributed by atoms with Gasteiger partial charge in [0.1, 0.15) is 5.75 Å². The van der Waals surface area contributed by atoms with Crippen LogP contribution >= 0.6 is 0 Å². The van der Waals surface area contributed by atoms with Crippen LogP contribution < -0.4 is 19.9 Å². The SMILES string of the molecule is COc1ccccc1N1CC[NH+]([C@H](C)C(=O)Nc2cccc(C(C)=O)c2)CC1. The van der Waals surface area contributed by atoms with Gasteiger partial charge >= 0.3 is 0 Å². The zero-order valence-electron chi connectivity index (χ0n) is 16.7. The highest BCUT2D eigenvalue weighted by Gasteiger charge is 2.30. The van der Waals surface area contributed by atoms with Crippen LogP contribution in [0.5, 0.6) is 5.75 Å². The van der Waals surface area contributed by atoms with Crippen LogP contribution in [0.1, 0.15) is 24.2 Å². The van der Waals surface area contributed by atoms with E-state index in [1.54, 1.807) is 25.3 Å². The van der Waals surface area contributed by atoms with Crippen molar-refractivity contribution in [3.63, 3.8) is 0 Å². The molecule has 0 aromatic heterocycles. The van der Waals surface area contributed by atoms with E-state index < -0.39 is 0 Å². The van der Waals surface area contributed by atoms with Crippen molar-refractivity contribution in [1.82, 2.24) is 0 Å². The van der Waals surface area contributed by atoms with Gasteiger partial charge in [-0.2, -0.15) is 0 Å². The fourth-order valence-corrected chi connectivity index (χ4v) is 3.61. The van der Waals surface area contributed by atoms with Gasteiger partial charge in [-0.25, -0.2) is 0 Å². The molecule has 2 N–H and O–H groups in total. The molecule has 6 nitrogen and oxygen atoms in total. The van der Waals surface area contributed by atoms with Crippen molar-refractivity contribution in [2.45, 2.75) is 19.9 Å². The summed E-state index contributed by atoms with van der Waals surface area (Å²) in [6, 6.07) is 14.9. The normalized spacial score (nSPS) is 15.8. The molecule has 1 atom stereocenters. The van der Waals surface area contributed by atoms with Crippen molar-refractivity contribution < 1.29 is 19.2 Å². The lowest BCUT2D eigenvalue weighted by molar-refractivity contribution is -0.914. The van der Waals surface area contributed by atoms with Crippen molar-refractivity contribution in [3.8, 4) is 5.75 Å². The summed E-state index contributed by atoms with van der Waals surface area (Å²) in [7, 11) is 1.69. The second-order valence-corrected chi connectivity index (χ2v) is 7.17. The fraction of sp³-hybridized carbons (Fsp3) is 0.364. The monoisotopic (exact) mass is 382 g/mol. The maximum absolute atomic E-state index is 12.7. The summed E-state index contributed by atoms with van der Waals surface area (Å²) >= 11 is 0. The Balaban J connectivity index is 1.59. The molecule has 2 aromatic carbocycles. The van der Waals surface area contributed by atoms with Crippen LogP contribution in [0.3, 0.4) is 0 Å². The van der Waals surface area contributed by atoms with Gasteiger partial charge < -0.3 is 19.9 Å². The number of carbonyl (C=O) groups excluding carboxylic acids is 2. The smallest absolute Gasteiger partial charge is 0.282 e. The first-order chi connectivity index (χ1) is 13.5. The number of piperazine rings is 1. The van der Waals surface area contributed by atoms with Gasteiger partial charge in [0.2, 0.25) is 0 Å². The first kappa shape index (κ1) is 19.9. The largest absolute Gasteiger partial charge is 0.495 e. The third kappa shape index (κ3) is 4.51. The number of carbonyl (C=O) groups is 2. The van der Waals surface area contributed by atoms with Crippen LogP contribution in [-0.4, -0.2) is 51.0 Å². The molecule has 2 aromatic rings. The number of para-hydroxylation sites is 2. The van der Waals surface area contributed by atoms with E-state index in [0.717, 1.165) is 37.6 Å². The molecule has 0 spiro atoms. The molecule has 1 aliphatic heterocycles. The first-order valence-corrected chi connectivity index (χ1v) is 9.64. The number of nitrogens with zero attached hydrogens (tertiary/aromatic N) is 1. The van der Waals surface area contributed by atoms with Crippen molar-refractivity contribution in [2.24, 2.45) is 0 Å². The number of Topliss-reactive ketones (excluding diaryl/α,β-unsaturated/α-hetero) is 1. The summed E-state index contributed by atoms with van der Waals surface area (Å²) < 4.78 is 5.47. The molecule has 6 heteroatoms. The topological polar surface area (TPSA) is 63.1 Å². The average molecular weight is 382 g/mol. The van der Waals surface area contributed by atoms with Gasteiger partial charge in [-0.15, -0.1) is 0 Å². The third-order valence-electron chi connectivity index (χ3n) is 5.37. The van der Waals surface area contributed by atoms with Crippen LogP contribution in [0, 0.1) is 0 Å². The number of amides is 1. The van der Waals surface area contributed by atoms with E-state index in [4.69, 9.17) is 4.74 Å². The number of anilines is 2. The number of ether oxygens (including phenoxy) is 1. The second-order valence-electron chi connectivity index (χ2n) is 7.17. The molecule has 1 saturated heterocycles. The molecular formula is C22H28N3O3+. The molecule has 0 bridgehead atoms. The van der Waals surface area contributed by atoms with Gasteiger partial charge in [0.05, 0.1) is 39.0 Å². The van der Waals surface area contributed by atoms with Crippen molar-refractivity contribution in [3.05, 3.63) is 54.1 Å². The Hall–Kier alpha value is -2.86. The summed E-state index contributed by atoms with van der Waals surface area (Å²) in [5.41, 5.74) is 2.36. The Morgan fingerprint density at radius 1 is 1.11 bits per heavy atom. The first-order valence-electron chi connectivity index (χ1n) is 9.64. The molecule has 0 saturated carbocycles. The van der Waals surface area contributed by atoms with Crippen LogP contribution in [0.25, 0.3) is 0 Å².